The molecule has 1 fully saturated rings. The van der Waals surface area contributed by atoms with Crippen molar-refractivity contribution < 1.29 is 9.66 Å². The van der Waals surface area contributed by atoms with Gasteiger partial charge in [0.2, 0.25) is 0 Å². The van der Waals surface area contributed by atoms with Crippen LogP contribution < -0.4 is 10.1 Å². The smallest absolute Gasteiger partial charge is 0.269 e. The highest BCUT2D eigenvalue weighted by molar-refractivity contribution is 7.80. The standard InChI is InChI=1S/C19H22N4O3S/c1-26-18-4-2-3-15(13-18)14-21-9-11-22(12-10-21)19(27)20-16-5-7-17(8-6-16)23(24)25/h2-8,13H,9-12,14H2,1H3,(H,20,27). The Balaban J connectivity index is 1.49. The normalized spacial score (nSPS) is 14.6. The summed E-state index contributed by atoms with van der Waals surface area (Å²) in [6.45, 7) is 4.39. The monoisotopic (exact) mass is 386 g/mol. The first-order valence-corrected chi connectivity index (χ1v) is 9.11. The first kappa shape index (κ1) is 19.1. The van der Waals surface area contributed by atoms with Crippen LogP contribution in [0.4, 0.5) is 11.4 Å². The minimum absolute atomic E-state index is 0.0672. The second-order valence-corrected chi connectivity index (χ2v) is 6.74. The third kappa shape index (κ3) is 5.15. The van der Waals surface area contributed by atoms with Gasteiger partial charge in [0.1, 0.15) is 5.75 Å². The van der Waals surface area contributed by atoms with Crippen LogP contribution in [-0.4, -0.2) is 53.1 Å². The summed E-state index contributed by atoms with van der Waals surface area (Å²) in [7, 11) is 1.68. The maximum atomic E-state index is 10.7. The Morgan fingerprint density at radius 3 is 2.52 bits per heavy atom. The largest absolute Gasteiger partial charge is 0.497 e. The number of nitrogens with zero attached hydrogens (tertiary/aromatic N) is 3. The lowest BCUT2D eigenvalue weighted by molar-refractivity contribution is -0.384. The molecule has 0 radical (unpaired) electrons. The van der Waals surface area contributed by atoms with Crippen LogP contribution in [0.2, 0.25) is 0 Å². The summed E-state index contributed by atoms with van der Waals surface area (Å²) in [5.41, 5.74) is 2.05. The summed E-state index contributed by atoms with van der Waals surface area (Å²) in [5, 5.41) is 14.5. The van der Waals surface area contributed by atoms with E-state index in [4.69, 9.17) is 17.0 Å². The number of nitrogens with one attached hydrogen (secondary N) is 1. The van der Waals surface area contributed by atoms with Gasteiger partial charge >= 0.3 is 0 Å². The molecule has 0 atom stereocenters. The van der Waals surface area contributed by atoms with Gasteiger partial charge in [0, 0.05) is 50.5 Å². The predicted octanol–water partition coefficient (Wildman–Crippen LogP) is 3.12. The van der Waals surface area contributed by atoms with Crippen LogP contribution in [0.3, 0.4) is 0 Å². The maximum absolute atomic E-state index is 10.7. The highest BCUT2D eigenvalue weighted by atomic mass is 32.1. The fourth-order valence-electron chi connectivity index (χ4n) is 3.01. The molecule has 8 heteroatoms. The number of hydrogen-bond acceptors (Lipinski definition) is 5. The summed E-state index contributed by atoms with van der Waals surface area (Å²) in [6.07, 6.45) is 0. The van der Waals surface area contributed by atoms with Gasteiger partial charge in [0.25, 0.3) is 5.69 Å². The average molecular weight is 386 g/mol. The number of nitro groups is 1. The minimum Gasteiger partial charge on any atom is -0.497 e. The molecule has 1 saturated heterocycles. The lowest BCUT2D eigenvalue weighted by Gasteiger charge is -2.36. The van der Waals surface area contributed by atoms with Gasteiger partial charge in [0.05, 0.1) is 12.0 Å². The van der Waals surface area contributed by atoms with E-state index in [9.17, 15) is 10.1 Å². The second-order valence-electron chi connectivity index (χ2n) is 6.35. The summed E-state index contributed by atoms with van der Waals surface area (Å²) in [5.74, 6) is 0.875. The molecule has 0 spiro atoms. The number of anilines is 1. The molecule has 27 heavy (non-hydrogen) atoms. The summed E-state index contributed by atoms with van der Waals surface area (Å²) in [6, 6.07) is 14.4. The highest BCUT2D eigenvalue weighted by Crippen LogP contribution is 2.18. The molecule has 1 aliphatic heterocycles. The molecule has 0 bridgehead atoms. The van der Waals surface area contributed by atoms with Crippen molar-refractivity contribution in [2.24, 2.45) is 0 Å². The van der Waals surface area contributed by atoms with E-state index >= 15 is 0 Å². The number of benzene rings is 2. The summed E-state index contributed by atoms with van der Waals surface area (Å²) in [4.78, 5) is 14.8. The second kappa shape index (κ2) is 8.79. The van der Waals surface area contributed by atoms with Crippen molar-refractivity contribution in [1.82, 2.24) is 9.80 Å². The van der Waals surface area contributed by atoms with Gasteiger partial charge in [-0.15, -0.1) is 0 Å². The first-order chi connectivity index (χ1) is 13.0. The van der Waals surface area contributed by atoms with Gasteiger partial charge in [-0.1, -0.05) is 12.1 Å². The molecule has 2 aromatic carbocycles. The van der Waals surface area contributed by atoms with Crippen LogP contribution in [0.15, 0.2) is 48.5 Å². The molecular weight excluding hydrogens is 364 g/mol. The number of thiocarbonyl (C=S) groups is 1. The quantitative estimate of drug-likeness (QED) is 0.481. The van der Waals surface area contributed by atoms with Gasteiger partial charge in [-0.05, 0) is 42.0 Å². The number of methoxy groups -OCH3 is 1. The van der Waals surface area contributed by atoms with Crippen molar-refractivity contribution in [3.8, 4) is 5.75 Å². The number of hydrogen-bond donors (Lipinski definition) is 1. The Morgan fingerprint density at radius 2 is 1.89 bits per heavy atom. The van der Waals surface area contributed by atoms with Crippen molar-refractivity contribution in [1.29, 1.82) is 0 Å². The molecule has 3 rings (SSSR count). The highest BCUT2D eigenvalue weighted by Gasteiger charge is 2.19. The third-order valence-corrected chi connectivity index (χ3v) is 4.89. The van der Waals surface area contributed by atoms with Gasteiger partial charge < -0.3 is 15.0 Å². The fraction of sp³-hybridized carbons (Fsp3) is 0.316. The number of rotatable bonds is 5. The zero-order chi connectivity index (χ0) is 19.2. The van der Waals surface area contributed by atoms with Crippen molar-refractivity contribution >= 4 is 28.7 Å². The maximum Gasteiger partial charge on any atom is 0.269 e. The number of non-ortho nitro benzene ring substituents is 1. The Kier molecular flexibility index (Phi) is 6.20. The van der Waals surface area contributed by atoms with Crippen molar-refractivity contribution in [2.45, 2.75) is 6.54 Å². The van der Waals surface area contributed by atoms with E-state index in [1.165, 1.54) is 17.7 Å². The number of ether oxygens (including phenoxy) is 1. The van der Waals surface area contributed by atoms with Crippen LogP contribution >= 0.6 is 12.2 Å². The first-order valence-electron chi connectivity index (χ1n) is 8.71. The molecular formula is C19H22N4O3S. The zero-order valence-corrected chi connectivity index (χ0v) is 15.9. The van der Waals surface area contributed by atoms with Crippen molar-refractivity contribution in [3.63, 3.8) is 0 Å². The Morgan fingerprint density at radius 1 is 1.19 bits per heavy atom. The SMILES string of the molecule is COc1cccc(CN2CCN(C(=S)Nc3ccc([N+](=O)[O-])cc3)CC2)c1. The molecule has 0 saturated carbocycles. The van der Waals surface area contributed by atoms with Crippen molar-refractivity contribution in [3.05, 3.63) is 64.2 Å². The van der Waals surface area contributed by atoms with Gasteiger partial charge in [-0.3, -0.25) is 15.0 Å². The molecule has 1 aliphatic rings. The van der Waals surface area contributed by atoms with E-state index in [0.29, 0.717) is 5.11 Å². The molecule has 2 aromatic rings. The van der Waals surface area contributed by atoms with Gasteiger partial charge in [-0.2, -0.15) is 0 Å². The lowest BCUT2D eigenvalue weighted by Crippen LogP contribution is -2.49. The summed E-state index contributed by atoms with van der Waals surface area (Å²) < 4.78 is 5.28. The van der Waals surface area contributed by atoms with Gasteiger partial charge in [0.15, 0.2) is 5.11 Å². The zero-order valence-electron chi connectivity index (χ0n) is 15.1. The molecule has 142 valence electrons. The van der Waals surface area contributed by atoms with E-state index in [0.717, 1.165) is 44.2 Å². The molecule has 0 aliphatic carbocycles. The topological polar surface area (TPSA) is 70.9 Å². The molecule has 1 N–H and O–H groups in total. The molecule has 7 nitrogen and oxygen atoms in total. The van der Waals surface area contributed by atoms with Crippen LogP contribution in [0.1, 0.15) is 5.56 Å². The third-order valence-electron chi connectivity index (χ3n) is 4.53. The van der Waals surface area contributed by atoms with Crippen molar-refractivity contribution in [2.75, 3.05) is 38.6 Å². The minimum atomic E-state index is -0.413. The van der Waals surface area contributed by atoms with E-state index in [1.807, 2.05) is 12.1 Å². The molecule has 0 aromatic heterocycles. The molecule has 0 unspecified atom stereocenters. The Labute approximate surface area is 163 Å². The van der Waals surface area contributed by atoms with Crippen LogP contribution in [0.5, 0.6) is 5.75 Å². The number of nitro benzene ring substituents is 1. The van der Waals surface area contributed by atoms with Crippen LogP contribution in [-0.2, 0) is 6.54 Å². The van der Waals surface area contributed by atoms with E-state index in [-0.39, 0.29) is 5.69 Å². The van der Waals surface area contributed by atoms with E-state index in [1.54, 1.807) is 19.2 Å². The number of piperazine rings is 1. The Hall–Kier alpha value is -2.71. The van der Waals surface area contributed by atoms with E-state index in [2.05, 4.69) is 27.2 Å². The molecule has 1 heterocycles. The van der Waals surface area contributed by atoms with Crippen LogP contribution in [0.25, 0.3) is 0 Å². The average Bonchev–Trinajstić information content (AvgIpc) is 2.69. The predicted molar refractivity (Wildman–Crippen MR) is 109 cm³/mol. The lowest BCUT2D eigenvalue weighted by atomic mass is 10.2. The van der Waals surface area contributed by atoms with Gasteiger partial charge in [-0.25, -0.2) is 0 Å². The molecule has 0 amide bonds. The van der Waals surface area contributed by atoms with E-state index < -0.39 is 4.92 Å². The fourth-order valence-corrected chi connectivity index (χ4v) is 3.31. The Bertz CT molecular complexity index is 805. The van der Waals surface area contributed by atoms with Crippen LogP contribution in [0, 0.1) is 10.1 Å². The summed E-state index contributed by atoms with van der Waals surface area (Å²) >= 11 is 5.49.